The first-order valence-electron chi connectivity index (χ1n) is 10.9. The summed E-state index contributed by atoms with van der Waals surface area (Å²) in [4.78, 5) is 14.8. The van der Waals surface area contributed by atoms with Gasteiger partial charge in [0.25, 0.3) is 0 Å². The molecule has 7 heteroatoms. The van der Waals surface area contributed by atoms with Crippen molar-refractivity contribution in [3.63, 3.8) is 0 Å². The highest BCUT2D eigenvalue weighted by Crippen LogP contribution is 2.73. The number of esters is 1. The number of hydrogen-bond acceptors (Lipinski definition) is 7. The molecular formula is C22H29NO6. The molecule has 0 aromatic heterocycles. The number of piperidine rings is 1. The zero-order chi connectivity index (χ0) is 20.3. The summed E-state index contributed by atoms with van der Waals surface area (Å²) in [6.45, 7) is 6.95. The molecule has 5 fully saturated rings. The van der Waals surface area contributed by atoms with Gasteiger partial charge in [-0.15, -0.1) is 0 Å². The van der Waals surface area contributed by atoms with Crippen molar-refractivity contribution < 1.29 is 28.8 Å². The number of cyclic esters (lactones) is 1. The Morgan fingerprint density at radius 1 is 1.41 bits per heavy atom. The number of methoxy groups -OCH3 is 1. The van der Waals surface area contributed by atoms with Gasteiger partial charge in [-0.2, -0.15) is 0 Å². The highest BCUT2D eigenvalue weighted by Gasteiger charge is 2.84. The fourth-order valence-electron chi connectivity index (χ4n) is 7.61. The molecule has 5 bridgehead atoms. The Morgan fingerprint density at radius 3 is 2.93 bits per heavy atom. The van der Waals surface area contributed by atoms with Crippen molar-refractivity contribution in [1.82, 2.24) is 4.90 Å². The van der Waals surface area contributed by atoms with Gasteiger partial charge in [-0.25, -0.2) is 4.79 Å². The highest BCUT2D eigenvalue weighted by atomic mass is 16.7. The Balaban J connectivity index is 1.46. The van der Waals surface area contributed by atoms with Gasteiger partial charge in [-0.1, -0.05) is 13.8 Å². The van der Waals surface area contributed by atoms with Crippen molar-refractivity contribution in [2.24, 2.45) is 17.8 Å². The Bertz CT molecular complexity index is 865. The molecule has 1 spiro atoms. The fraction of sp³-hybridized carbons (Fsp3) is 0.773. The standard InChI is InChI=1S/C22H29NO6/c1-5-12(24)9-21-14-6-7-23(21)13-8-15(21)28-22(14)16(13)10(2)18(29-22)19-17(26-4)11(3)20(25)27-19/h10,12-16,24H,5-9H2,1-4H3/b19-18+/t10-,12+,13-,14+,15-,16-,21-,22-/m0/s1. The van der Waals surface area contributed by atoms with E-state index in [1.807, 2.05) is 6.92 Å². The molecule has 29 heavy (non-hydrogen) atoms. The molecule has 0 radical (unpaired) electrons. The van der Waals surface area contributed by atoms with Gasteiger partial charge in [0, 0.05) is 17.9 Å². The third kappa shape index (κ3) is 1.85. The van der Waals surface area contributed by atoms with E-state index in [0.29, 0.717) is 28.9 Å². The first-order valence-corrected chi connectivity index (χ1v) is 10.9. The van der Waals surface area contributed by atoms with E-state index in [2.05, 4.69) is 11.8 Å². The molecule has 0 aromatic carbocycles. The minimum absolute atomic E-state index is 0.0649. The van der Waals surface area contributed by atoms with Gasteiger partial charge in [0.05, 0.1) is 36.3 Å². The molecule has 158 valence electrons. The van der Waals surface area contributed by atoms with Crippen molar-refractivity contribution in [3.8, 4) is 0 Å². The van der Waals surface area contributed by atoms with Crippen LogP contribution in [0.25, 0.3) is 0 Å². The molecule has 5 saturated heterocycles. The van der Waals surface area contributed by atoms with E-state index < -0.39 is 5.79 Å². The van der Waals surface area contributed by atoms with Crippen molar-refractivity contribution in [1.29, 1.82) is 0 Å². The van der Waals surface area contributed by atoms with E-state index in [9.17, 15) is 9.90 Å². The topological polar surface area (TPSA) is 77.5 Å². The Hall–Kier alpha value is -1.57. The van der Waals surface area contributed by atoms with E-state index in [0.717, 1.165) is 32.2 Å². The van der Waals surface area contributed by atoms with Gasteiger partial charge in [-0.3, -0.25) is 4.90 Å². The summed E-state index contributed by atoms with van der Waals surface area (Å²) < 4.78 is 24.5. The van der Waals surface area contributed by atoms with E-state index in [1.54, 1.807) is 14.0 Å². The first kappa shape index (κ1) is 18.2. The smallest absolute Gasteiger partial charge is 0.343 e. The normalized spacial score (nSPS) is 52.2. The maximum atomic E-state index is 12.2. The van der Waals surface area contributed by atoms with Gasteiger partial charge < -0.3 is 24.1 Å². The van der Waals surface area contributed by atoms with Crippen LogP contribution >= 0.6 is 0 Å². The molecule has 0 aromatic rings. The van der Waals surface area contributed by atoms with Crippen molar-refractivity contribution >= 4 is 5.97 Å². The molecule has 6 rings (SSSR count). The van der Waals surface area contributed by atoms with Crippen LogP contribution in [-0.2, 0) is 23.7 Å². The lowest BCUT2D eigenvalue weighted by atomic mass is 9.69. The summed E-state index contributed by atoms with van der Waals surface area (Å²) in [6, 6.07) is 0.373. The number of aliphatic hydroxyl groups excluding tert-OH is 1. The minimum atomic E-state index is -0.683. The summed E-state index contributed by atoms with van der Waals surface area (Å²) in [5.74, 6) is 0.990. The Labute approximate surface area is 170 Å². The number of aliphatic hydroxyl groups is 1. The molecule has 6 aliphatic heterocycles. The fourth-order valence-corrected chi connectivity index (χ4v) is 7.61. The third-order valence-corrected chi connectivity index (χ3v) is 8.63. The summed E-state index contributed by atoms with van der Waals surface area (Å²) in [5.41, 5.74) is 0.346. The largest absolute Gasteiger partial charge is 0.492 e. The second-order valence-electron chi connectivity index (χ2n) is 9.58. The molecule has 6 heterocycles. The number of carbonyl (C=O) groups is 1. The number of carbonyl (C=O) groups excluding carboxylic acids is 1. The first-order chi connectivity index (χ1) is 13.9. The van der Waals surface area contributed by atoms with Crippen LogP contribution in [-0.4, -0.2) is 59.2 Å². The molecule has 7 nitrogen and oxygen atoms in total. The highest BCUT2D eigenvalue weighted by molar-refractivity contribution is 5.93. The maximum Gasteiger partial charge on any atom is 0.343 e. The van der Waals surface area contributed by atoms with Gasteiger partial charge in [0.2, 0.25) is 11.5 Å². The van der Waals surface area contributed by atoms with Crippen LogP contribution in [0.1, 0.15) is 46.5 Å². The molecule has 0 amide bonds. The molecular weight excluding hydrogens is 374 g/mol. The van der Waals surface area contributed by atoms with Crippen LogP contribution < -0.4 is 0 Å². The molecule has 1 unspecified atom stereocenters. The Kier molecular flexibility index (Phi) is 3.49. The molecule has 0 aliphatic carbocycles. The predicted octanol–water partition coefficient (Wildman–Crippen LogP) is 2.06. The lowest BCUT2D eigenvalue weighted by Gasteiger charge is -2.48. The van der Waals surface area contributed by atoms with E-state index in [1.165, 1.54) is 0 Å². The molecule has 9 atom stereocenters. The van der Waals surface area contributed by atoms with Gasteiger partial charge in [0.1, 0.15) is 5.76 Å². The van der Waals surface area contributed by atoms with Gasteiger partial charge in [-0.05, 0) is 39.2 Å². The van der Waals surface area contributed by atoms with Crippen molar-refractivity contribution in [2.75, 3.05) is 13.7 Å². The third-order valence-electron chi connectivity index (χ3n) is 8.63. The minimum Gasteiger partial charge on any atom is -0.492 e. The van der Waals surface area contributed by atoms with Crippen LogP contribution in [0.2, 0.25) is 0 Å². The number of rotatable bonds is 4. The zero-order valence-electron chi connectivity index (χ0n) is 17.4. The second-order valence-corrected chi connectivity index (χ2v) is 9.58. The summed E-state index contributed by atoms with van der Waals surface area (Å²) in [7, 11) is 1.56. The van der Waals surface area contributed by atoms with Crippen LogP contribution in [0.5, 0.6) is 0 Å². The zero-order valence-corrected chi connectivity index (χ0v) is 17.4. The summed E-state index contributed by atoms with van der Waals surface area (Å²) >= 11 is 0. The molecule has 0 saturated carbocycles. The monoisotopic (exact) mass is 403 g/mol. The number of hydrogen-bond donors (Lipinski definition) is 1. The quantitative estimate of drug-likeness (QED) is 0.720. The van der Waals surface area contributed by atoms with Crippen LogP contribution in [0.15, 0.2) is 22.9 Å². The van der Waals surface area contributed by atoms with Gasteiger partial charge in [0.15, 0.2) is 5.76 Å². The van der Waals surface area contributed by atoms with Crippen LogP contribution in [0.3, 0.4) is 0 Å². The van der Waals surface area contributed by atoms with Gasteiger partial charge >= 0.3 is 5.97 Å². The lowest BCUT2D eigenvalue weighted by molar-refractivity contribution is -0.256. The van der Waals surface area contributed by atoms with E-state index in [4.69, 9.17) is 18.9 Å². The predicted molar refractivity (Wildman–Crippen MR) is 101 cm³/mol. The SMILES string of the molecule is CC[C@@H](O)C[C@@]12[C@@H]3C[C@H]4[C@@H]5[C@H](C)/C(=C6\OC(=O)C(C)=C6OC)O[C@@]5(O3)[C@@H]1CCN42. The van der Waals surface area contributed by atoms with E-state index >= 15 is 0 Å². The number of nitrogens with zero attached hydrogens (tertiary/aromatic N) is 1. The second kappa shape index (κ2) is 5.56. The summed E-state index contributed by atoms with van der Waals surface area (Å²) in [6.07, 6.45) is 3.26. The van der Waals surface area contributed by atoms with Crippen molar-refractivity contribution in [2.45, 2.75) is 76.0 Å². The molecule has 6 aliphatic rings. The lowest BCUT2D eigenvalue weighted by Crippen LogP contribution is -2.61. The van der Waals surface area contributed by atoms with E-state index in [-0.39, 0.29) is 41.5 Å². The summed E-state index contributed by atoms with van der Waals surface area (Å²) in [5, 5.41) is 10.6. The maximum absolute atomic E-state index is 12.2. The van der Waals surface area contributed by atoms with Crippen molar-refractivity contribution in [3.05, 3.63) is 22.9 Å². The van der Waals surface area contributed by atoms with Crippen LogP contribution in [0.4, 0.5) is 0 Å². The number of fused-ring (bicyclic) bond motifs is 1. The average molecular weight is 403 g/mol. The Morgan fingerprint density at radius 2 is 2.21 bits per heavy atom. The van der Waals surface area contributed by atoms with Crippen LogP contribution in [0, 0.1) is 17.8 Å². The number of ether oxygens (including phenoxy) is 4. The number of allylic oxidation sites excluding steroid dienone is 1. The average Bonchev–Trinajstić information content (AvgIpc) is 3.40. The molecule has 1 N–H and O–H groups in total.